The molecule has 4 rings (SSSR count). The van der Waals surface area contributed by atoms with Crippen LogP contribution in [0.15, 0.2) is 51.3 Å². The number of hydrogen-bond donors (Lipinski definition) is 3. The third-order valence-corrected chi connectivity index (χ3v) is 5.52. The van der Waals surface area contributed by atoms with Crippen LogP contribution in [0, 0.1) is 5.95 Å². The van der Waals surface area contributed by atoms with E-state index < -0.39 is 18.0 Å². The fourth-order valence-electron chi connectivity index (χ4n) is 3.83. The molecule has 10 nitrogen and oxygen atoms in total. The molecule has 2 aromatic rings. The van der Waals surface area contributed by atoms with Gasteiger partial charge < -0.3 is 20.1 Å². The molecule has 3 heterocycles. The van der Waals surface area contributed by atoms with Crippen molar-refractivity contribution in [2.45, 2.75) is 44.1 Å². The first-order valence-electron chi connectivity index (χ1n) is 10.5. The van der Waals surface area contributed by atoms with E-state index in [0.717, 1.165) is 0 Å². The molecule has 2 atom stereocenters. The van der Waals surface area contributed by atoms with Gasteiger partial charge in [0.1, 0.15) is 5.71 Å². The number of hydrogen-bond acceptors (Lipinski definition) is 8. The van der Waals surface area contributed by atoms with E-state index in [1.165, 1.54) is 6.20 Å². The number of aliphatic hydroxyl groups excluding tert-OH is 1. The third-order valence-electron chi connectivity index (χ3n) is 5.52. The maximum absolute atomic E-state index is 14.0. The van der Waals surface area contributed by atoms with E-state index in [2.05, 4.69) is 25.4 Å². The first-order valence-corrected chi connectivity index (χ1v) is 10.5. The number of aliphatic hydroxyl groups is 1. The van der Waals surface area contributed by atoms with Gasteiger partial charge in [-0.1, -0.05) is 17.3 Å². The summed E-state index contributed by atoms with van der Waals surface area (Å²) in [5.74, 6) is -1.94. The SMILES string of the molecule is O=C(CCc1nc(C2=NC[C@H](O)C=C2)no1)NC1=C(C(=O)O)CC(c2cccnc2F)CC1. The van der Waals surface area contributed by atoms with Crippen LogP contribution < -0.4 is 5.32 Å². The number of aliphatic imine (C=N–C) groups is 1. The summed E-state index contributed by atoms with van der Waals surface area (Å²) in [5, 5.41) is 25.6. The topological polar surface area (TPSA) is 151 Å². The molecule has 0 bridgehead atoms. The van der Waals surface area contributed by atoms with Crippen molar-refractivity contribution in [3.8, 4) is 0 Å². The summed E-state index contributed by atoms with van der Waals surface area (Å²) >= 11 is 0. The molecule has 1 amide bonds. The highest BCUT2D eigenvalue weighted by atomic mass is 19.1. The zero-order valence-corrected chi connectivity index (χ0v) is 17.6. The Labute approximate surface area is 187 Å². The van der Waals surface area contributed by atoms with E-state index in [1.54, 1.807) is 24.3 Å². The number of carboxylic acids is 1. The molecule has 2 aromatic heterocycles. The van der Waals surface area contributed by atoms with Crippen LogP contribution in [-0.2, 0) is 16.0 Å². The number of nitrogens with zero attached hydrogens (tertiary/aromatic N) is 4. The average Bonchev–Trinajstić information content (AvgIpc) is 3.28. The van der Waals surface area contributed by atoms with Crippen LogP contribution in [0.3, 0.4) is 0 Å². The molecule has 33 heavy (non-hydrogen) atoms. The highest BCUT2D eigenvalue weighted by molar-refractivity contribution is 6.06. The first kappa shape index (κ1) is 22.5. The lowest BCUT2D eigenvalue weighted by Gasteiger charge is -2.26. The lowest BCUT2D eigenvalue weighted by atomic mass is 9.82. The van der Waals surface area contributed by atoms with Crippen molar-refractivity contribution >= 4 is 17.6 Å². The van der Waals surface area contributed by atoms with Gasteiger partial charge in [-0.15, -0.1) is 0 Å². The number of amides is 1. The first-order chi connectivity index (χ1) is 15.9. The number of aromatic nitrogens is 3. The van der Waals surface area contributed by atoms with E-state index in [0.29, 0.717) is 29.8 Å². The monoisotopic (exact) mass is 455 g/mol. The summed E-state index contributed by atoms with van der Waals surface area (Å²) in [6, 6.07) is 3.22. The minimum Gasteiger partial charge on any atom is -0.478 e. The minimum atomic E-state index is -1.15. The number of pyridine rings is 1. The summed E-state index contributed by atoms with van der Waals surface area (Å²) in [4.78, 5) is 36.2. The molecule has 2 aliphatic rings. The molecule has 0 spiro atoms. The highest BCUT2D eigenvalue weighted by Crippen LogP contribution is 2.36. The van der Waals surface area contributed by atoms with Gasteiger partial charge in [-0.05, 0) is 37.3 Å². The van der Waals surface area contributed by atoms with Crippen molar-refractivity contribution in [2.75, 3.05) is 6.54 Å². The number of aliphatic carboxylic acids is 1. The van der Waals surface area contributed by atoms with Crippen LogP contribution in [0.1, 0.15) is 48.9 Å². The van der Waals surface area contributed by atoms with Gasteiger partial charge >= 0.3 is 5.97 Å². The molecular weight excluding hydrogens is 433 g/mol. The van der Waals surface area contributed by atoms with Crippen molar-refractivity contribution in [1.82, 2.24) is 20.4 Å². The number of dihydropyridines is 1. The minimum absolute atomic E-state index is 0.0136. The molecule has 0 radical (unpaired) electrons. The van der Waals surface area contributed by atoms with Gasteiger partial charge in [0, 0.05) is 30.3 Å². The maximum Gasteiger partial charge on any atom is 0.333 e. The van der Waals surface area contributed by atoms with Crippen LogP contribution in [0.4, 0.5) is 4.39 Å². The van der Waals surface area contributed by atoms with Gasteiger partial charge in [-0.3, -0.25) is 9.79 Å². The lowest BCUT2D eigenvalue weighted by molar-refractivity contribution is -0.133. The summed E-state index contributed by atoms with van der Waals surface area (Å²) in [6.07, 6.45) is 4.97. The Balaban J connectivity index is 1.37. The standard InChI is InChI=1S/C22H22FN5O5/c23-20-14(2-1-9-24-20)12-3-5-16(15(10-12)22(31)32)26-18(30)7-8-19-27-21(28-33-19)17-6-4-13(29)11-25-17/h1-2,4,6,9,12-13,29H,3,5,7-8,10-11H2,(H,26,30)(H,31,32)/t12?,13-/m1/s1. The van der Waals surface area contributed by atoms with E-state index in [-0.39, 0.29) is 54.9 Å². The largest absolute Gasteiger partial charge is 0.478 e. The Morgan fingerprint density at radius 1 is 1.33 bits per heavy atom. The van der Waals surface area contributed by atoms with Crippen LogP contribution in [0.2, 0.25) is 0 Å². The second-order valence-corrected chi connectivity index (χ2v) is 7.80. The number of halogens is 1. The average molecular weight is 455 g/mol. The van der Waals surface area contributed by atoms with Gasteiger partial charge in [-0.2, -0.15) is 9.37 Å². The summed E-state index contributed by atoms with van der Waals surface area (Å²) in [7, 11) is 0. The predicted octanol–water partition coefficient (Wildman–Crippen LogP) is 1.68. The third kappa shape index (κ3) is 5.37. The van der Waals surface area contributed by atoms with Gasteiger partial charge in [-0.25, -0.2) is 9.78 Å². The zero-order chi connectivity index (χ0) is 23.4. The van der Waals surface area contributed by atoms with E-state index >= 15 is 0 Å². The summed E-state index contributed by atoms with van der Waals surface area (Å²) < 4.78 is 19.2. The summed E-state index contributed by atoms with van der Waals surface area (Å²) in [5.41, 5.74) is 1.25. The number of allylic oxidation sites excluding steroid dienone is 2. The Hall–Kier alpha value is -3.73. The molecule has 0 aromatic carbocycles. The maximum atomic E-state index is 14.0. The zero-order valence-electron chi connectivity index (χ0n) is 17.6. The Kier molecular flexibility index (Phi) is 6.68. The van der Waals surface area contributed by atoms with Crippen LogP contribution >= 0.6 is 0 Å². The van der Waals surface area contributed by atoms with Crippen molar-refractivity contribution in [2.24, 2.45) is 4.99 Å². The molecule has 0 saturated heterocycles. The summed E-state index contributed by atoms with van der Waals surface area (Å²) in [6.45, 7) is 0.216. The molecule has 0 saturated carbocycles. The highest BCUT2D eigenvalue weighted by Gasteiger charge is 2.29. The predicted molar refractivity (Wildman–Crippen MR) is 113 cm³/mol. The molecule has 172 valence electrons. The van der Waals surface area contributed by atoms with Crippen LogP contribution in [-0.4, -0.2) is 55.6 Å². The molecule has 1 unspecified atom stereocenters. The molecule has 11 heteroatoms. The molecular formula is C22H22FN5O5. The molecule has 0 fully saturated rings. The van der Waals surface area contributed by atoms with Gasteiger partial charge in [0.25, 0.3) is 0 Å². The second kappa shape index (κ2) is 9.82. The smallest absolute Gasteiger partial charge is 0.333 e. The number of aryl methyl sites for hydroxylation is 1. The number of rotatable bonds is 7. The normalized spacial score (nSPS) is 20.5. The number of nitrogens with one attached hydrogen (secondary N) is 1. The number of carbonyl (C=O) groups excluding carboxylic acids is 1. The van der Waals surface area contributed by atoms with E-state index in [9.17, 15) is 24.2 Å². The Bertz CT molecular complexity index is 1160. The fourth-order valence-corrected chi connectivity index (χ4v) is 3.83. The molecule has 1 aliphatic heterocycles. The van der Waals surface area contributed by atoms with Crippen molar-refractivity contribution in [3.05, 3.63) is 65.0 Å². The van der Waals surface area contributed by atoms with E-state index in [1.807, 2.05) is 0 Å². The fraction of sp³-hybridized carbons (Fsp3) is 0.364. The van der Waals surface area contributed by atoms with Crippen molar-refractivity contribution in [3.63, 3.8) is 0 Å². The van der Waals surface area contributed by atoms with Gasteiger partial charge in [0.2, 0.25) is 23.6 Å². The van der Waals surface area contributed by atoms with E-state index in [4.69, 9.17) is 4.52 Å². The van der Waals surface area contributed by atoms with Crippen molar-refractivity contribution in [1.29, 1.82) is 0 Å². The van der Waals surface area contributed by atoms with Gasteiger partial charge in [0.05, 0.1) is 18.2 Å². The number of carbonyl (C=O) groups is 2. The molecule has 1 aliphatic carbocycles. The Morgan fingerprint density at radius 2 is 2.18 bits per heavy atom. The Morgan fingerprint density at radius 3 is 2.91 bits per heavy atom. The van der Waals surface area contributed by atoms with Gasteiger partial charge in [0.15, 0.2) is 0 Å². The number of carboxylic acid groups (broad SMARTS) is 1. The lowest BCUT2D eigenvalue weighted by Crippen LogP contribution is -2.29. The van der Waals surface area contributed by atoms with Crippen LogP contribution in [0.25, 0.3) is 0 Å². The second-order valence-electron chi connectivity index (χ2n) is 7.80. The molecule has 3 N–H and O–H groups in total. The quantitative estimate of drug-likeness (QED) is 0.534. The van der Waals surface area contributed by atoms with Crippen LogP contribution in [0.5, 0.6) is 0 Å². The van der Waals surface area contributed by atoms with Crippen molar-refractivity contribution < 1.29 is 28.7 Å².